The maximum absolute atomic E-state index is 13.2. The summed E-state index contributed by atoms with van der Waals surface area (Å²) in [6, 6.07) is 16.3. The number of para-hydroxylation sites is 1. The lowest BCUT2D eigenvalue weighted by atomic mass is 9.95. The zero-order valence-corrected chi connectivity index (χ0v) is 16.7. The van der Waals surface area contributed by atoms with Crippen molar-refractivity contribution in [3.8, 4) is 22.5 Å². The molecule has 0 fully saturated rings. The SMILES string of the molecule is CC(C)CCCC(=O)N1Cc2ccccc2-c2nnn(C)c2-c2ccccc21. The van der Waals surface area contributed by atoms with Crippen LogP contribution < -0.4 is 4.90 Å². The van der Waals surface area contributed by atoms with Crippen LogP contribution in [-0.2, 0) is 18.4 Å². The highest BCUT2D eigenvalue weighted by Crippen LogP contribution is 2.40. The van der Waals surface area contributed by atoms with Crippen molar-refractivity contribution in [2.45, 2.75) is 39.7 Å². The van der Waals surface area contributed by atoms with E-state index in [-0.39, 0.29) is 5.91 Å². The van der Waals surface area contributed by atoms with Gasteiger partial charge in [-0.2, -0.15) is 0 Å². The van der Waals surface area contributed by atoms with Gasteiger partial charge in [0, 0.05) is 24.6 Å². The molecule has 1 amide bonds. The van der Waals surface area contributed by atoms with Gasteiger partial charge >= 0.3 is 0 Å². The van der Waals surface area contributed by atoms with E-state index in [2.05, 4.69) is 42.4 Å². The van der Waals surface area contributed by atoms with Gasteiger partial charge in [0.2, 0.25) is 5.91 Å². The van der Waals surface area contributed by atoms with E-state index in [9.17, 15) is 4.79 Å². The molecule has 0 saturated carbocycles. The van der Waals surface area contributed by atoms with Crippen LogP contribution in [0.2, 0.25) is 0 Å². The maximum atomic E-state index is 13.2. The van der Waals surface area contributed by atoms with E-state index in [4.69, 9.17) is 0 Å². The van der Waals surface area contributed by atoms with Crippen LogP contribution in [0.15, 0.2) is 48.5 Å². The molecule has 0 radical (unpaired) electrons. The number of anilines is 1. The van der Waals surface area contributed by atoms with E-state index in [0.29, 0.717) is 18.9 Å². The van der Waals surface area contributed by atoms with E-state index < -0.39 is 0 Å². The Balaban J connectivity index is 1.84. The molecule has 0 spiro atoms. The van der Waals surface area contributed by atoms with Crippen LogP contribution in [0.3, 0.4) is 0 Å². The Morgan fingerprint density at radius 3 is 2.57 bits per heavy atom. The van der Waals surface area contributed by atoms with E-state index in [1.165, 1.54) is 0 Å². The largest absolute Gasteiger partial charge is 0.307 e. The number of carbonyl (C=O) groups excluding carboxylic acids is 1. The molecular formula is C23H26N4O. The van der Waals surface area contributed by atoms with Gasteiger partial charge in [0.25, 0.3) is 0 Å². The van der Waals surface area contributed by atoms with Crippen molar-refractivity contribution >= 4 is 11.6 Å². The Morgan fingerprint density at radius 2 is 1.79 bits per heavy atom. The summed E-state index contributed by atoms with van der Waals surface area (Å²) in [7, 11) is 1.90. The summed E-state index contributed by atoms with van der Waals surface area (Å²) < 4.78 is 1.80. The van der Waals surface area contributed by atoms with Crippen molar-refractivity contribution in [1.82, 2.24) is 15.0 Å². The molecule has 3 aromatic rings. The molecular weight excluding hydrogens is 348 g/mol. The Kier molecular flexibility index (Phi) is 4.99. The number of fused-ring (bicyclic) bond motifs is 5. The van der Waals surface area contributed by atoms with Crippen molar-refractivity contribution < 1.29 is 4.79 Å². The van der Waals surface area contributed by atoms with Crippen molar-refractivity contribution in [3.63, 3.8) is 0 Å². The number of hydrogen-bond acceptors (Lipinski definition) is 3. The van der Waals surface area contributed by atoms with Crippen molar-refractivity contribution in [1.29, 1.82) is 0 Å². The molecule has 0 aliphatic carbocycles. The van der Waals surface area contributed by atoms with Gasteiger partial charge in [-0.1, -0.05) is 67.9 Å². The number of nitrogens with zero attached hydrogens (tertiary/aromatic N) is 4. The third kappa shape index (κ3) is 3.33. The number of aromatic nitrogens is 3. The van der Waals surface area contributed by atoms with Gasteiger partial charge in [0.1, 0.15) is 5.69 Å². The first kappa shape index (κ1) is 18.4. The first-order valence-electron chi connectivity index (χ1n) is 9.94. The number of aryl methyl sites for hydroxylation is 1. The second-order valence-corrected chi connectivity index (χ2v) is 7.85. The molecule has 1 aliphatic rings. The van der Waals surface area contributed by atoms with Crippen LogP contribution in [0.25, 0.3) is 22.5 Å². The molecule has 5 nitrogen and oxygen atoms in total. The predicted octanol–water partition coefficient (Wildman–Crippen LogP) is 4.82. The van der Waals surface area contributed by atoms with Gasteiger partial charge in [-0.25, -0.2) is 4.68 Å². The number of hydrogen-bond donors (Lipinski definition) is 0. The minimum absolute atomic E-state index is 0.168. The Morgan fingerprint density at radius 1 is 1.07 bits per heavy atom. The van der Waals surface area contributed by atoms with Crippen LogP contribution in [0.4, 0.5) is 5.69 Å². The van der Waals surface area contributed by atoms with E-state index in [0.717, 1.165) is 46.6 Å². The fourth-order valence-corrected chi connectivity index (χ4v) is 3.91. The number of amides is 1. The molecule has 5 heteroatoms. The smallest absolute Gasteiger partial charge is 0.227 e. The number of benzene rings is 2. The number of carbonyl (C=O) groups is 1. The molecule has 1 aliphatic heterocycles. The summed E-state index contributed by atoms with van der Waals surface area (Å²) in [5, 5.41) is 8.73. The van der Waals surface area contributed by atoms with E-state index >= 15 is 0 Å². The average molecular weight is 374 g/mol. The third-order valence-electron chi connectivity index (χ3n) is 5.35. The topological polar surface area (TPSA) is 51.0 Å². The van der Waals surface area contributed by atoms with Crippen LogP contribution in [0.5, 0.6) is 0 Å². The van der Waals surface area contributed by atoms with Gasteiger partial charge in [-0.3, -0.25) is 4.79 Å². The number of rotatable bonds is 4. The molecule has 28 heavy (non-hydrogen) atoms. The average Bonchev–Trinajstić information content (AvgIpc) is 3.05. The quantitative estimate of drug-likeness (QED) is 0.658. The Hall–Kier alpha value is -2.95. The van der Waals surface area contributed by atoms with Crippen molar-refractivity contribution in [3.05, 3.63) is 54.1 Å². The molecule has 0 saturated heterocycles. The van der Waals surface area contributed by atoms with Gasteiger partial charge in [-0.05, 0) is 24.0 Å². The fourth-order valence-electron chi connectivity index (χ4n) is 3.91. The molecule has 2 aromatic carbocycles. The van der Waals surface area contributed by atoms with Gasteiger partial charge in [0.15, 0.2) is 0 Å². The third-order valence-corrected chi connectivity index (χ3v) is 5.35. The lowest BCUT2D eigenvalue weighted by Crippen LogP contribution is -2.31. The van der Waals surface area contributed by atoms with Gasteiger partial charge in [-0.15, -0.1) is 5.10 Å². The minimum Gasteiger partial charge on any atom is -0.307 e. The van der Waals surface area contributed by atoms with E-state index in [1.54, 1.807) is 4.68 Å². The second-order valence-electron chi connectivity index (χ2n) is 7.85. The first-order chi connectivity index (χ1) is 13.6. The summed E-state index contributed by atoms with van der Waals surface area (Å²) in [4.78, 5) is 15.2. The normalized spacial score (nSPS) is 12.8. The molecule has 0 N–H and O–H groups in total. The van der Waals surface area contributed by atoms with Crippen LogP contribution in [0.1, 0.15) is 38.7 Å². The Labute approximate surface area is 166 Å². The highest BCUT2D eigenvalue weighted by molar-refractivity contribution is 6.00. The lowest BCUT2D eigenvalue weighted by Gasteiger charge is -2.28. The van der Waals surface area contributed by atoms with Gasteiger partial charge in [0.05, 0.1) is 17.9 Å². The predicted molar refractivity (Wildman–Crippen MR) is 112 cm³/mol. The molecule has 0 bridgehead atoms. The monoisotopic (exact) mass is 374 g/mol. The summed E-state index contributed by atoms with van der Waals surface area (Å²) in [6.45, 7) is 4.94. The maximum Gasteiger partial charge on any atom is 0.227 e. The highest BCUT2D eigenvalue weighted by atomic mass is 16.2. The summed E-state index contributed by atoms with van der Waals surface area (Å²) in [6.07, 6.45) is 2.54. The second kappa shape index (κ2) is 7.58. The lowest BCUT2D eigenvalue weighted by molar-refractivity contribution is -0.118. The van der Waals surface area contributed by atoms with E-state index in [1.807, 2.05) is 42.3 Å². The van der Waals surface area contributed by atoms with Crippen molar-refractivity contribution in [2.75, 3.05) is 4.90 Å². The fraction of sp³-hybridized carbons (Fsp3) is 0.348. The van der Waals surface area contributed by atoms with Gasteiger partial charge < -0.3 is 4.90 Å². The highest BCUT2D eigenvalue weighted by Gasteiger charge is 2.28. The van der Waals surface area contributed by atoms with Crippen LogP contribution >= 0.6 is 0 Å². The molecule has 2 heterocycles. The summed E-state index contributed by atoms with van der Waals surface area (Å²) in [5.41, 5.74) is 5.88. The standard InChI is InChI=1S/C23H26N4O/c1-16(2)9-8-14-21(28)27-15-17-10-4-5-11-18(17)22-23(26(3)25-24-22)19-12-6-7-13-20(19)27/h4-7,10-13,16H,8-9,14-15H2,1-3H3. The first-order valence-corrected chi connectivity index (χ1v) is 9.94. The zero-order valence-electron chi connectivity index (χ0n) is 16.7. The summed E-state index contributed by atoms with van der Waals surface area (Å²) in [5.74, 6) is 0.776. The Bertz CT molecular complexity index is 1010. The van der Waals surface area contributed by atoms with Crippen LogP contribution in [0, 0.1) is 5.92 Å². The molecule has 144 valence electrons. The molecule has 0 unspecified atom stereocenters. The zero-order chi connectivity index (χ0) is 19.7. The molecule has 0 atom stereocenters. The molecule has 4 rings (SSSR count). The molecule has 1 aromatic heterocycles. The van der Waals surface area contributed by atoms with Crippen LogP contribution in [-0.4, -0.2) is 20.9 Å². The summed E-state index contributed by atoms with van der Waals surface area (Å²) >= 11 is 0. The van der Waals surface area contributed by atoms with Crippen molar-refractivity contribution in [2.24, 2.45) is 13.0 Å². The minimum atomic E-state index is 0.168.